The number of nitrogens with zero attached hydrogens (tertiary/aromatic N) is 1. The molecule has 0 saturated carbocycles. The summed E-state index contributed by atoms with van der Waals surface area (Å²) < 4.78 is 26.7. The quantitative estimate of drug-likeness (QED) is 0.533. The first-order valence-corrected chi connectivity index (χ1v) is 6.15. The van der Waals surface area contributed by atoms with Crippen LogP contribution in [0.25, 0.3) is 6.08 Å². The molecule has 1 N–H and O–H groups in total. The molecule has 0 fully saturated rings. The number of halogens is 2. The van der Waals surface area contributed by atoms with Crippen molar-refractivity contribution in [2.45, 2.75) is 0 Å². The number of rotatable bonds is 4. The molecule has 2 aromatic rings. The fraction of sp³-hybridized carbons (Fsp3) is 0. The third kappa shape index (κ3) is 3.72. The number of amides is 1. The molecule has 0 aromatic heterocycles. The molecule has 0 aliphatic heterocycles. The Bertz CT molecular complexity index is 723. The fourth-order valence-electron chi connectivity index (χ4n) is 1.66. The smallest absolute Gasteiger partial charge is 0.269 e. The molecule has 112 valence electrons. The Morgan fingerprint density at radius 2 is 1.68 bits per heavy atom. The van der Waals surface area contributed by atoms with Crippen LogP contribution in [0.2, 0.25) is 0 Å². The van der Waals surface area contributed by atoms with Crippen LogP contribution in [0.1, 0.15) is 5.56 Å². The lowest BCUT2D eigenvalue weighted by Crippen LogP contribution is -2.10. The second kappa shape index (κ2) is 6.57. The molecule has 0 atom stereocenters. The highest BCUT2D eigenvalue weighted by molar-refractivity contribution is 6.02. The van der Waals surface area contributed by atoms with E-state index in [1.807, 2.05) is 0 Å². The SMILES string of the molecule is O=C(C=Cc1ccc([N+](=O)[O-])cc1)Nc1c(F)cccc1F. The van der Waals surface area contributed by atoms with E-state index >= 15 is 0 Å². The van der Waals surface area contributed by atoms with E-state index in [0.717, 1.165) is 18.2 Å². The van der Waals surface area contributed by atoms with Crippen molar-refractivity contribution in [3.05, 3.63) is 75.9 Å². The zero-order valence-corrected chi connectivity index (χ0v) is 11.1. The fourth-order valence-corrected chi connectivity index (χ4v) is 1.66. The highest BCUT2D eigenvalue weighted by Gasteiger charge is 2.10. The Balaban J connectivity index is 2.07. The van der Waals surface area contributed by atoms with Crippen LogP contribution in [0, 0.1) is 21.7 Å². The van der Waals surface area contributed by atoms with E-state index in [1.54, 1.807) is 0 Å². The Morgan fingerprint density at radius 1 is 1.09 bits per heavy atom. The molecular formula is C15H10F2N2O3. The average molecular weight is 304 g/mol. The monoisotopic (exact) mass is 304 g/mol. The van der Waals surface area contributed by atoms with Gasteiger partial charge in [0.15, 0.2) is 0 Å². The van der Waals surface area contributed by atoms with Gasteiger partial charge in [-0.3, -0.25) is 14.9 Å². The summed E-state index contributed by atoms with van der Waals surface area (Å²) in [7, 11) is 0. The van der Waals surface area contributed by atoms with E-state index in [0.29, 0.717) is 5.56 Å². The van der Waals surface area contributed by atoms with Crippen molar-refractivity contribution in [2.75, 3.05) is 5.32 Å². The largest absolute Gasteiger partial charge is 0.318 e. The summed E-state index contributed by atoms with van der Waals surface area (Å²) in [5.41, 5.74) is -0.0642. The van der Waals surface area contributed by atoms with Gasteiger partial charge in [0, 0.05) is 18.2 Å². The number of nitro benzene ring substituents is 1. The number of nitrogens with one attached hydrogen (secondary N) is 1. The molecule has 2 rings (SSSR count). The van der Waals surface area contributed by atoms with Crippen LogP contribution in [0.4, 0.5) is 20.2 Å². The number of benzene rings is 2. The van der Waals surface area contributed by atoms with Crippen LogP contribution in [-0.4, -0.2) is 10.8 Å². The molecule has 0 bridgehead atoms. The van der Waals surface area contributed by atoms with E-state index in [4.69, 9.17) is 0 Å². The summed E-state index contributed by atoms with van der Waals surface area (Å²) in [6, 6.07) is 8.71. The first kappa shape index (κ1) is 15.3. The molecule has 0 aliphatic rings. The molecule has 0 saturated heterocycles. The number of anilines is 1. The minimum absolute atomic E-state index is 0.0740. The van der Waals surface area contributed by atoms with Crippen LogP contribution in [-0.2, 0) is 4.79 Å². The summed E-state index contributed by atoms with van der Waals surface area (Å²) in [6.45, 7) is 0. The molecule has 7 heteroatoms. The first-order chi connectivity index (χ1) is 10.5. The molecule has 22 heavy (non-hydrogen) atoms. The Kier molecular flexibility index (Phi) is 4.57. The van der Waals surface area contributed by atoms with Gasteiger partial charge in [-0.1, -0.05) is 6.07 Å². The van der Waals surface area contributed by atoms with Crippen LogP contribution < -0.4 is 5.32 Å². The average Bonchev–Trinajstić information content (AvgIpc) is 2.49. The molecule has 0 radical (unpaired) electrons. The van der Waals surface area contributed by atoms with Crippen molar-refractivity contribution in [3.63, 3.8) is 0 Å². The van der Waals surface area contributed by atoms with E-state index < -0.39 is 28.2 Å². The van der Waals surface area contributed by atoms with Crippen LogP contribution >= 0.6 is 0 Å². The normalized spacial score (nSPS) is 10.6. The van der Waals surface area contributed by atoms with Gasteiger partial charge in [-0.25, -0.2) is 8.78 Å². The lowest BCUT2D eigenvalue weighted by Gasteiger charge is -2.04. The minimum Gasteiger partial charge on any atom is -0.318 e. The van der Waals surface area contributed by atoms with Gasteiger partial charge >= 0.3 is 0 Å². The maximum Gasteiger partial charge on any atom is 0.269 e. The number of carbonyl (C=O) groups excluding carboxylic acids is 1. The standard InChI is InChI=1S/C15H10F2N2O3/c16-12-2-1-3-13(17)15(12)18-14(20)9-6-10-4-7-11(8-5-10)19(21)22/h1-9H,(H,18,20). The number of hydrogen-bond donors (Lipinski definition) is 1. The van der Waals surface area contributed by atoms with E-state index in [-0.39, 0.29) is 5.69 Å². The van der Waals surface area contributed by atoms with E-state index in [9.17, 15) is 23.7 Å². The summed E-state index contributed by atoms with van der Waals surface area (Å²) in [6.07, 6.45) is 2.45. The number of hydrogen-bond acceptors (Lipinski definition) is 3. The third-order valence-electron chi connectivity index (χ3n) is 2.74. The maximum absolute atomic E-state index is 13.4. The van der Waals surface area contributed by atoms with Crippen molar-refractivity contribution in [1.29, 1.82) is 0 Å². The van der Waals surface area contributed by atoms with Gasteiger partial charge in [0.05, 0.1) is 4.92 Å². The van der Waals surface area contributed by atoms with Gasteiger partial charge in [-0.15, -0.1) is 0 Å². The molecule has 5 nitrogen and oxygen atoms in total. The van der Waals surface area contributed by atoms with Gasteiger partial charge in [0.1, 0.15) is 17.3 Å². The number of non-ortho nitro benzene ring substituents is 1. The summed E-state index contributed by atoms with van der Waals surface area (Å²) >= 11 is 0. The maximum atomic E-state index is 13.4. The third-order valence-corrected chi connectivity index (χ3v) is 2.74. The predicted molar refractivity (Wildman–Crippen MR) is 77.1 cm³/mol. The topological polar surface area (TPSA) is 72.2 Å². The van der Waals surface area contributed by atoms with Gasteiger partial charge in [-0.2, -0.15) is 0 Å². The van der Waals surface area contributed by atoms with Crippen LogP contribution in [0.15, 0.2) is 48.5 Å². The summed E-state index contributed by atoms with van der Waals surface area (Å²) in [5.74, 6) is -2.48. The number of para-hydroxylation sites is 1. The number of carbonyl (C=O) groups is 1. The Labute approximate surface area is 124 Å². The minimum atomic E-state index is -0.878. The summed E-state index contributed by atoms with van der Waals surface area (Å²) in [4.78, 5) is 21.6. The lowest BCUT2D eigenvalue weighted by atomic mass is 10.2. The van der Waals surface area contributed by atoms with Gasteiger partial charge in [0.2, 0.25) is 5.91 Å². The number of nitro groups is 1. The molecule has 0 aliphatic carbocycles. The van der Waals surface area contributed by atoms with Crippen molar-refractivity contribution in [2.24, 2.45) is 0 Å². The van der Waals surface area contributed by atoms with Crippen molar-refractivity contribution in [1.82, 2.24) is 0 Å². The second-order valence-corrected chi connectivity index (χ2v) is 4.27. The molecule has 1 amide bonds. The van der Waals surface area contributed by atoms with Crippen LogP contribution in [0.3, 0.4) is 0 Å². The summed E-state index contributed by atoms with van der Waals surface area (Å²) in [5, 5.41) is 12.6. The van der Waals surface area contributed by atoms with Gasteiger partial charge in [-0.05, 0) is 35.9 Å². The second-order valence-electron chi connectivity index (χ2n) is 4.27. The van der Waals surface area contributed by atoms with Crippen LogP contribution in [0.5, 0.6) is 0 Å². The first-order valence-electron chi connectivity index (χ1n) is 6.15. The highest BCUT2D eigenvalue weighted by Crippen LogP contribution is 2.18. The molecule has 2 aromatic carbocycles. The van der Waals surface area contributed by atoms with Crippen molar-refractivity contribution in [3.8, 4) is 0 Å². The predicted octanol–water partition coefficient (Wildman–Crippen LogP) is 3.52. The Hall–Kier alpha value is -3.09. The molecule has 0 spiro atoms. The van der Waals surface area contributed by atoms with Gasteiger partial charge in [0.25, 0.3) is 5.69 Å². The Morgan fingerprint density at radius 3 is 2.23 bits per heavy atom. The van der Waals surface area contributed by atoms with Gasteiger partial charge < -0.3 is 5.32 Å². The zero-order valence-electron chi connectivity index (χ0n) is 11.1. The molecule has 0 heterocycles. The molecule has 0 unspecified atom stereocenters. The van der Waals surface area contributed by atoms with E-state index in [2.05, 4.69) is 5.32 Å². The van der Waals surface area contributed by atoms with Crippen molar-refractivity contribution < 1.29 is 18.5 Å². The molecular weight excluding hydrogens is 294 g/mol. The van der Waals surface area contributed by atoms with E-state index in [1.165, 1.54) is 36.4 Å². The lowest BCUT2D eigenvalue weighted by molar-refractivity contribution is -0.384. The zero-order chi connectivity index (χ0) is 16.1. The van der Waals surface area contributed by atoms with Crippen molar-refractivity contribution >= 4 is 23.4 Å². The highest BCUT2D eigenvalue weighted by atomic mass is 19.1.